The third-order valence-electron chi connectivity index (χ3n) is 4.28. The predicted molar refractivity (Wildman–Crippen MR) is 130 cm³/mol. The molecule has 32 heavy (non-hydrogen) atoms. The number of benzene rings is 2. The van der Waals surface area contributed by atoms with Gasteiger partial charge in [0.05, 0.1) is 34.0 Å². The van der Waals surface area contributed by atoms with Gasteiger partial charge in [-0.3, -0.25) is 9.59 Å². The predicted octanol–water partition coefficient (Wildman–Crippen LogP) is 5.94. The minimum atomic E-state index is -0.413. The molecule has 0 spiro atoms. The molecule has 0 bridgehead atoms. The Kier molecular flexibility index (Phi) is 9.69. The fourth-order valence-corrected chi connectivity index (χ4v) is 3.53. The lowest BCUT2D eigenvalue weighted by molar-refractivity contribution is -0.130. The van der Waals surface area contributed by atoms with Gasteiger partial charge in [-0.05, 0) is 56.7 Å². The Bertz CT molecular complexity index is 989. The average Bonchev–Trinajstić information content (AvgIpc) is 2.74. The molecule has 0 saturated heterocycles. The average molecular weight is 500 g/mol. The molecule has 1 N–H and O–H groups in total. The number of ether oxygens (including phenoxy) is 2. The Morgan fingerprint density at radius 1 is 1.12 bits per heavy atom. The largest absolute Gasteiger partial charge is 0.493 e. The molecule has 172 valence electrons. The zero-order valence-electron chi connectivity index (χ0n) is 18.2. The third kappa shape index (κ3) is 7.05. The topological polar surface area (TPSA) is 67.9 Å². The summed E-state index contributed by atoms with van der Waals surface area (Å²) in [4.78, 5) is 26.4. The molecule has 0 radical (unpaired) electrons. The normalized spacial score (nSPS) is 11.0. The van der Waals surface area contributed by atoms with Crippen molar-refractivity contribution in [2.24, 2.45) is 0 Å². The number of anilines is 1. The summed E-state index contributed by atoms with van der Waals surface area (Å²) >= 11 is 18.5. The Balaban J connectivity index is 2.11. The number of nitrogens with zero attached hydrogens (tertiary/aromatic N) is 1. The van der Waals surface area contributed by atoms with Crippen LogP contribution in [0.25, 0.3) is 6.08 Å². The number of carbonyl (C=O) groups is 2. The smallest absolute Gasteiger partial charge is 0.247 e. The maximum absolute atomic E-state index is 12.6. The Morgan fingerprint density at radius 3 is 2.34 bits per heavy atom. The molecule has 0 aliphatic heterocycles. The van der Waals surface area contributed by atoms with Crippen molar-refractivity contribution in [3.63, 3.8) is 0 Å². The molecule has 0 unspecified atom stereocenters. The van der Waals surface area contributed by atoms with Crippen molar-refractivity contribution in [2.45, 2.75) is 26.9 Å². The highest BCUT2D eigenvalue weighted by Crippen LogP contribution is 2.37. The summed E-state index contributed by atoms with van der Waals surface area (Å²) in [7, 11) is 1.51. The van der Waals surface area contributed by atoms with Crippen LogP contribution < -0.4 is 14.8 Å². The van der Waals surface area contributed by atoms with Gasteiger partial charge >= 0.3 is 0 Å². The van der Waals surface area contributed by atoms with Gasteiger partial charge in [-0.1, -0.05) is 40.9 Å². The molecular weight excluding hydrogens is 475 g/mol. The van der Waals surface area contributed by atoms with Gasteiger partial charge in [0, 0.05) is 12.6 Å². The molecule has 2 amide bonds. The van der Waals surface area contributed by atoms with Crippen molar-refractivity contribution >= 4 is 58.4 Å². The van der Waals surface area contributed by atoms with E-state index in [0.717, 1.165) is 0 Å². The molecule has 0 fully saturated rings. The standard InChI is InChI=1S/C23H25Cl3N2O4/c1-5-28(13-20(29)27-22-16(24)7-6-8-17(22)25)21(30)10-9-15-11-18(26)23(32-14(2)3)19(12-15)31-4/h6-12,14H,5,13H2,1-4H3,(H,27,29)/b10-9+. The number of amides is 2. The number of hydrogen-bond acceptors (Lipinski definition) is 4. The van der Waals surface area contributed by atoms with Gasteiger partial charge in [0.25, 0.3) is 0 Å². The molecule has 2 aromatic rings. The summed E-state index contributed by atoms with van der Waals surface area (Å²) in [5, 5.41) is 3.65. The number of likely N-dealkylation sites (N-methyl/N-ethyl adjacent to an activating group) is 1. The molecule has 0 heterocycles. The first-order chi connectivity index (χ1) is 15.2. The van der Waals surface area contributed by atoms with Gasteiger partial charge in [0.15, 0.2) is 11.5 Å². The zero-order valence-corrected chi connectivity index (χ0v) is 20.5. The molecule has 0 aliphatic carbocycles. The molecule has 0 aliphatic rings. The van der Waals surface area contributed by atoms with Gasteiger partial charge in [0.2, 0.25) is 11.8 Å². The maximum Gasteiger partial charge on any atom is 0.247 e. The van der Waals surface area contributed by atoms with Crippen LogP contribution in [0.1, 0.15) is 26.3 Å². The van der Waals surface area contributed by atoms with Gasteiger partial charge in [-0.2, -0.15) is 0 Å². The Labute approximate surface area is 203 Å². The monoisotopic (exact) mass is 498 g/mol. The van der Waals surface area contributed by atoms with Crippen molar-refractivity contribution < 1.29 is 19.1 Å². The SMILES string of the molecule is CCN(CC(=O)Nc1c(Cl)cccc1Cl)C(=O)/C=C/c1cc(Cl)c(OC(C)C)c(OC)c1. The number of carbonyl (C=O) groups excluding carboxylic acids is 2. The summed E-state index contributed by atoms with van der Waals surface area (Å²) in [6.07, 6.45) is 2.89. The van der Waals surface area contributed by atoms with Crippen molar-refractivity contribution in [1.29, 1.82) is 0 Å². The first-order valence-electron chi connectivity index (χ1n) is 9.91. The molecule has 2 aromatic carbocycles. The highest BCUT2D eigenvalue weighted by molar-refractivity contribution is 6.39. The molecule has 0 aromatic heterocycles. The van der Waals surface area contributed by atoms with E-state index in [2.05, 4.69) is 5.32 Å². The molecule has 0 saturated carbocycles. The number of halogens is 3. The van der Waals surface area contributed by atoms with Crippen LogP contribution in [0.15, 0.2) is 36.4 Å². The maximum atomic E-state index is 12.6. The van der Waals surface area contributed by atoms with E-state index in [1.54, 1.807) is 43.3 Å². The second-order valence-corrected chi connectivity index (χ2v) is 8.25. The van der Waals surface area contributed by atoms with Crippen LogP contribution in [-0.2, 0) is 9.59 Å². The minimum Gasteiger partial charge on any atom is -0.493 e. The second-order valence-electron chi connectivity index (χ2n) is 7.03. The third-order valence-corrected chi connectivity index (χ3v) is 5.19. The number of methoxy groups -OCH3 is 1. The van der Waals surface area contributed by atoms with Gasteiger partial charge in [-0.25, -0.2) is 0 Å². The first-order valence-corrected chi connectivity index (χ1v) is 11.0. The summed E-state index contributed by atoms with van der Waals surface area (Å²) in [6, 6.07) is 8.30. The van der Waals surface area contributed by atoms with E-state index in [1.807, 2.05) is 13.8 Å². The van der Waals surface area contributed by atoms with E-state index in [9.17, 15) is 9.59 Å². The van der Waals surface area contributed by atoms with E-state index in [-0.39, 0.29) is 18.6 Å². The lowest BCUT2D eigenvalue weighted by atomic mass is 10.1. The Hall–Kier alpha value is -2.41. The van der Waals surface area contributed by atoms with Gasteiger partial charge < -0.3 is 19.7 Å². The number of nitrogens with one attached hydrogen (secondary N) is 1. The molecule has 0 atom stereocenters. The van der Waals surface area contributed by atoms with Crippen molar-refractivity contribution in [3.05, 3.63) is 57.0 Å². The van der Waals surface area contributed by atoms with Crippen LogP contribution in [-0.4, -0.2) is 43.0 Å². The summed E-state index contributed by atoms with van der Waals surface area (Å²) in [5.74, 6) is 0.147. The first kappa shape index (κ1) is 25.8. The van der Waals surface area contributed by atoms with E-state index >= 15 is 0 Å². The van der Waals surface area contributed by atoms with Crippen LogP contribution in [0.5, 0.6) is 11.5 Å². The summed E-state index contributed by atoms with van der Waals surface area (Å²) < 4.78 is 11.1. The van der Waals surface area contributed by atoms with Crippen LogP contribution >= 0.6 is 34.8 Å². The van der Waals surface area contributed by atoms with Crippen LogP contribution in [0.4, 0.5) is 5.69 Å². The molecule has 9 heteroatoms. The van der Waals surface area contributed by atoms with Crippen molar-refractivity contribution in [2.75, 3.05) is 25.5 Å². The minimum absolute atomic E-state index is 0.0747. The van der Waals surface area contributed by atoms with E-state index in [1.165, 1.54) is 18.1 Å². The number of rotatable bonds is 9. The fourth-order valence-electron chi connectivity index (χ4n) is 2.77. The van der Waals surface area contributed by atoms with Crippen LogP contribution in [0.3, 0.4) is 0 Å². The summed E-state index contributed by atoms with van der Waals surface area (Å²) in [6.45, 7) is 5.72. The zero-order chi connectivity index (χ0) is 23.8. The van der Waals surface area contributed by atoms with Gasteiger partial charge in [-0.15, -0.1) is 0 Å². The lowest BCUT2D eigenvalue weighted by Crippen LogP contribution is -2.37. The number of hydrogen-bond donors (Lipinski definition) is 1. The molecule has 2 rings (SSSR count). The van der Waals surface area contributed by atoms with E-state index < -0.39 is 5.91 Å². The highest BCUT2D eigenvalue weighted by Gasteiger charge is 2.17. The van der Waals surface area contributed by atoms with Crippen LogP contribution in [0.2, 0.25) is 15.1 Å². The van der Waals surface area contributed by atoms with Crippen molar-refractivity contribution in [1.82, 2.24) is 4.90 Å². The molecular formula is C23H25Cl3N2O4. The lowest BCUT2D eigenvalue weighted by Gasteiger charge is -2.19. The fraction of sp³-hybridized carbons (Fsp3) is 0.304. The highest BCUT2D eigenvalue weighted by atomic mass is 35.5. The van der Waals surface area contributed by atoms with E-state index in [4.69, 9.17) is 44.3 Å². The quantitative estimate of drug-likeness (QED) is 0.433. The second kappa shape index (κ2) is 12.0. The summed E-state index contributed by atoms with van der Waals surface area (Å²) in [5.41, 5.74) is 0.963. The molecule has 6 nitrogen and oxygen atoms in total. The van der Waals surface area contributed by atoms with E-state index in [0.29, 0.717) is 44.4 Å². The van der Waals surface area contributed by atoms with Gasteiger partial charge in [0.1, 0.15) is 6.54 Å². The van der Waals surface area contributed by atoms with Crippen LogP contribution in [0, 0.1) is 0 Å². The Morgan fingerprint density at radius 2 is 1.78 bits per heavy atom. The van der Waals surface area contributed by atoms with Crippen molar-refractivity contribution in [3.8, 4) is 11.5 Å². The number of para-hydroxylation sites is 1.